The molecule has 4 atom stereocenters. The Bertz CT molecular complexity index is 868. The first-order valence-electron chi connectivity index (χ1n) is 8.97. The molecule has 2 N–H and O–H groups in total. The molecular formula is C20H18F5NO2. The summed E-state index contributed by atoms with van der Waals surface area (Å²) in [5.74, 6) is -2.12. The van der Waals surface area contributed by atoms with Crippen molar-refractivity contribution >= 4 is 5.69 Å². The molecule has 28 heavy (non-hydrogen) atoms. The Labute approximate surface area is 158 Å². The van der Waals surface area contributed by atoms with Crippen LogP contribution in [0, 0.1) is 17.6 Å². The summed E-state index contributed by atoms with van der Waals surface area (Å²) < 4.78 is 73.6. The van der Waals surface area contributed by atoms with Crippen molar-refractivity contribution in [2.75, 3.05) is 11.9 Å². The van der Waals surface area contributed by atoms with Crippen molar-refractivity contribution in [3.8, 4) is 0 Å². The summed E-state index contributed by atoms with van der Waals surface area (Å²) in [7, 11) is 0. The summed E-state index contributed by atoms with van der Waals surface area (Å²) in [6.45, 7) is -0.298. The smallest absolute Gasteiger partial charge is 0.394 e. The van der Waals surface area contributed by atoms with Gasteiger partial charge in [0, 0.05) is 17.2 Å². The van der Waals surface area contributed by atoms with Gasteiger partial charge in [-0.05, 0) is 42.7 Å². The van der Waals surface area contributed by atoms with E-state index in [1.54, 1.807) is 12.1 Å². The lowest BCUT2D eigenvalue weighted by Crippen LogP contribution is -2.40. The Morgan fingerprint density at radius 1 is 1.04 bits per heavy atom. The summed E-state index contributed by atoms with van der Waals surface area (Å²) in [5.41, 5.74) is -0.578. The van der Waals surface area contributed by atoms with Crippen LogP contribution in [0.1, 0.15) is 41.7 Å². The van der Waals surface area contributed by atoms with Crippen LogP contribution in [0.5, 0.6) is 0 Å². The molecule has 150 valence electrons. The van der Waals surface area contributed by atoms with Crippen molar-refractivity contribution in [3.63, 3.8) is 0 Å². The minimum absolute atomic E-state index is 0.170. The third kappa shape index (κ3) is 3.24. The highest BCUT2D eigenvalue weighted by atomic mass is 19.4. The molecule has 8 heteroatoms. The minimum atomic E-state index is -4.83. The van der Waals surface area contributed by atoms with Gasteiger partial charge in [0.15, 0.2) is 0 Å². The van der Waals surface area contributed by atoms with Gasteiger partial charge in [0.1, 0.15) is 11.6 Å². The summed E-state index contributed by atoms with van der Waals surface area (Å²) in [6.07, 6.45) is -5.34. The molecule has 1 unspecified atom stereocenters. The molecule has 0 aromatic heterocycles. The van der Waals surface area contributed by atoms with E-state index in [1.807, 2.05) is 0 Å². The van der Waals surface area contributed by atoms with Crippen LogP contribution >= 0.6 is 0 Å². The maximum absolute atomic E-state index is 14.9. The second-order valence-electron chi connectivity index (χ2n) is 7.16. The lowest BCUT2D eigenvalue weighted by molar-refractivity contribution is -0.141. The number of hydrogen-bond acceptors (Lipinski definition) is 3. The van der Waals surface area contributed by atoms with Gasteiger partial charge in [-0.3, -0.25) is 0 Å². The number of nitrogens with one attached hydrogen (secondary N) is 1. The Balaban J connectivity index is 1.82. The monoisotopic (exact) mass is 399 g/mol. The zero-order valence-corrected chi connectivity index (χ0v) is 14.6. The van der Waals surface area contributed by atoms with E-state index in [2.05, 4.69) is 5.32 Å². The highest BCUT2D eigenvalue weighted by molar-refractivity contribution is 5.59. The van der Waals surface area contributed by atoms with Crippen molar-refractivity contribution in [3.05, 3.63) is 64.7 Å². The summed E-state index contributed by atoms with van der Waals surface area (Å²) in [4.78, 5) is 0. The van der Waals surface area contributed by atoms with Crippen LogP contribution in [-0.4, -0.2) is 17.8 Å². The summed E-state index contributed by atoms with van der Waals surface area (Å²) in [5, 5.41) is 12.6. The van der Waals surface area contributed by atoms with E-state index in [4.69, 9.17) is 4.74 Å². The van der Waals surface area contributed by atoms with Gasteiger partial charge < -0.3 is 15.2 Å². The minimum Gasteiger partial charge on any atom is -0.394 e. The van der Waals surface area contributed by atoms with Crippen LogP contribution in [0.15, 0.2) is 36.4 Å². The van der Waals surface area contributed by atoms with Crippen LogP contribution in [0.2, 0.25) is 0 Å². The number of alkyl halides is 3. The topological polar surface area (TPSA) is 41.5 Å². The predicted molar refractivity (Wildman–Crippen MR) is 91.6 cm³/mol. The van der Waals surface area contributed by atoms with E-state index in [0.717, 1.165) is 5.56 Å². The highest BCUT2D eigenvalue weighted by Crippen LogP contribution is 2.52. The van der Waals surface area contributed by atoms with Crippen molar-refractivity contribution < 1.29 is 31.8 Å². The number of benzene rings is 2. The molecule has 1 saturated heterocycles. The largest absolute Gasteiger partial charge is 0.419 e. The molecule has 4 rings (SSSR count). The second kappa shape index (κ2) is 7.00. The average Bonchev–Trinajstić information content (AvgIpc) is 2.66. The van der Waals surface area contributed by atoms with E-state index < -0.39 is 35.6 Å². The van der Waals surface area contributed by atoms with Crippen molar-refractivity contribution in [2.45, 2.75) is 37.3 Å². The van der Waals surface area contributed by atoms with Crippen LogP contribution in [0.4, 0.5) is 27.6 Å². The first-order chi connectivity index (χ1) is 13.3. The van der Waals surface area contributed by atoms with Gasteiger partial charge in [-0.25, -0.2) is 8.78 Å². The standard InChI is InChI=1S/C20H18F5NO2/c21-11-3-1-10(2-4-11)18-13-6-5-12(9-27)28-19(13)16-15(26-18)8-7-14(17(16)22)20(23,24)25/h1-4,7-8,12-13,18-19,26-27H,5-6,9H2/t12?,13-,18-,19-/m0/s1. The maximum Gasteiger partial charge on any atom is 0.419 e. The van der Waals surface area contributed by atoms with Crippen molar-refractivity contribution in [2.24, 2.45) is 5.92 Å². The molecule has 0 aliphatic carbocycles. The van der Waals surface area contributed by atoms with E-state index >= 15 is 0 Å². The average molecular weight is 399 g/mol. The number of rotatable bonds is 2. The van der Waals surface area contributed by atoms with Gasteiger partial charge in [-0.1, -0.05) is 12.1 Å². The molecule has 0 saturated carbocycles. The molecule has 2 aliphatic rings. The number of halogens is 5. The van der Waals surface area contributed by atoms with Crippen molar-refractivity contribution in [1.29, 1.82) is 0 Å². The highest BCUT2D eigenvalue weighted by Gasteiger charge is 2.46. The molecule has 0 amide bonds. The fraction of sp³-hybridized carbons (Fsp3) is 0.400. The molecule has 0 bridgehead atoms. The zero-order valence-electron chi connectivity index (χ0n) is 14.6. The fourth-order valence-corrected chi connectivity index (χ4v) is 4.16. The number of aliphatic hydroxyl groups is 1. The van der Waals surface area contributed by atoms with Gasteiger partial charge in [0.25, 0.3) is 0 Å². The molecule has 0 spiro atoms. The normalized spacial score (nSPS) is 26.9. The third-order valence-corrected chi connectivity index (χ3v) is 5.49. The first-order valence-corrected chi connectivity index (χ1v) is 8.97. The molecule has 1 fully saturated rings. The molecule has 2 aromatic carbocycles. The number of aliphatic hydroxyl groups excluding tert-OH is 1. The lowest BCUT2D eigenvalue weighted by atomic mass is 9.76. The zero-order chi connectivity index (χ0) is 20.1. The Kier molecular flexibility index (Phi) is 4.79. The molecule has 2 heterocycles. The summed E-state index contributed by atoms with van der Waals surface area (Å²) >= 11 is 0. The van der Waals surface area contributed by atoms with Crippen LogP contribution in [-0.2, 0) is 10.9 Å². The Hall–Kier alpha value is -2.19. The number of ether oxygens (including phenoxy) is 1. The Morgan fingerprint density at radius 3 is 2.39 bits per heavy atom. The predicted octanol–water partition coefficient (Wildman–Crippen LogP) is 4.98. The van der Waals surface area contributed by atoms with Gasteiger partial charge in [0.05, 0.1) is 30.4 Å². The van der Waals surface area contributed by atoms with Crippen LogP contribution in [0.3, 0.4) is 0 Å². The van der Waals surface area contributed by atoms with Gasteiger partial charge in [-0.2, -0.15) is 13.2 Å². The van der Waals surface area contributed by atoms with Gasteiger partial charge >= 0.3 is 6.18 Å². The van der Waals surface area contributed by atoms with E-state index in [-0.39, 0.29) is 29.8 Å². The number of fused-ring (bicyclic) bond motifs is 3. The van der Waals surface area contributed by atoms with E-state index in [1.165, 1.54) is 18.2 Å². The fourth-order valence-electron chi connectivity index (χ4n) is 4.16. The Morgan fingerprint density at radius 2 is 1.75 bits per heavy atom. The molecule has 0 radical (unpaired) electrons. The molecular weight excluding hydrogens is 381 g/mol. The van der Waals surface area contributed by atoms with Crippen molar-refractivity contribution in [1.82, 2.24) is 0 Å². The van der Waals surface area contributed by atoms with Gasteiger partial charge in [-0.15, -0.1) is 0 Å². The number of hydrogen-bond donors (Lipinski definition) is 2. The van der Waals surface area contributed by atoms with Gasteiger partial charge in [0.2, 0.25) is 0 Å². The second-order valence-corrected chi connectivity index (χ2v) is 7.16. The SMILES string of the molecule is OCC1CC[C@@H]2[C@H](O1)c1c(ccc(C(F)(F)F)c1F)N[C@H]2c1ccc(F)cc1. The first kappa shape index (κ1) is 19.1. The number of anilines is 1. The third-order valence-electron chi connectivity index (χ3n) is 5.49. The quantitative estimate of drug-likeness (QED) is 0.700. The summed E-state index contributed by atoms with van der Waals surface area (Å²) in [6, 6.07) is 7.30. The van der Waals surface area contributed by atoms with Crippen LogP contribution in [0.25, 0.3) is 0 Å². The molecule has 3 nitrogen and oxygen atoms in total. The maximum atomic E-state index is 14.9. The molecule has 2 aromatic rings. The van der Waals surface area contributed by atoms with E-state index in [0.29, 0.717) is 18.9 Å². The van der Waals surface area contributed by atoms with Crippen LogP contribution < -0.4 is 5.32 Å². The molecule has 2 aliphatic heterocycles. The van der Waals surface area contributed by atoms with E-state index in [9.17, 15) is 27.1 Å². The lowest BCUT2D eigenvalue weighted by Gasteiger charge is -2.45.